The predicted molar refractivity (Wildman–Crippen MR) is 196 cm³/mol. The van der Waals surface area contributed by atoms with E-state index < -0.39 is 17.4 Å². The number of benzene rings is 2. The van der Waals surface area contributed by atoms with Gasteiger partial charge in [-0.3, -0.25) is 14.4 Å². The summed E-state index contributed by atoms with van der Waals surface area (Å²) in [6.07, 6.45) is 0.950. The van der Waals surface area contributed by atoms with Crippen molar-refractivity contribution in [2.24, 2.45) is 5.41 Å². The first kappa shape index (κ1) is 42.6. The molecule has 50 heavy (non-hydrogen) atoms. The van der Waals surface area contributed by atoms with Crippen molar-refractivity contribution in [1.29, 1.82) is 0 Å². The molecule has 0 amide bonds. The van der Waals surface area contributed by atoms with Gasteiger partial charge in [0, 0.05) is 20.0 Å². The van der Waals surface area contributed by atoms with Gasteiger partial charge in [0.25, 0.3) is 6.47 Å². The molecule has 0 spiro atoms. The van der Waals surface area contributed by atoms with Crippen molar-refractivity contribution in [3.63, 3.8) is 0 Å². The summed E-state index contributed by atoms with van der Waals surface area (Å²) < 4.78 is 21.9. The summed E-state index contributed by atoms with van der Waals surface area (Å²) >= 11 is 0. The smallest absolute Gasteiger partial charge is 0.306 e. The van der Waals surface area contributed by atoms with E-state index in [1.165, 1.54) is 7.11 Å². The SMILES string of the molecule is COCC(COC=O)(COC(=O)CCc1cc(C(C)(C)C)c(O)c(C(C)(C)C)c1)COC(=O)CCc1cc(C(C)(C)C)c(O)c(C(C)(C)C)c1. The number of rotatable bonds is 15. The van der Waals surface area contributed by atoms with Crippen LogP contribution in [0.1, 0.15) is 129 Å². The number of aryl methyl sites for hydroxylation is 2. The lowest BCUT2D eigenvalue weighted by Gasteiger charge is -2.31. The standard InChI is InChI=1S/C41H62O9/c1-37(2,3)29-18-27(19-30(35(29)45)38(4,5)6)14-16-33(43)49-24-41(22-47-13,23-48-26-42)25-50-34(44)17-15-28-20-31(39(7,8)9)36(46)32(21-28)40(10,11)12/h18-21,26,45-46H,14-17,22-25H2,1-13H3. The highest BCUT2D eigenvalue weighted by Gasteiger charge is 2.36. The Labute approximate surface area is 300 Å². The maximum atomic E-state index is 13.0. The fourth-order valence-corrected chi connectivity index (χ4v) is 5.84. The first-order valence-corrected chi connectivity index (χ1v) is 17.4. The molecule has 2 aromatic carbocycles. The van der Waals surface area contributed by atoms with Crippen LogP contribution >= 0.6 is 0 Å². The third-order valence-corrected chi connectivity index (χ3v) is 8.79. The maximum absolute atomic E-state index is 13.0. The van der Waals surface area contributed by atoms with E-state index in [0.717, 1.165) is 33.4 Å². The Morgan fingerprint density at radius 2 is 0.900 bits per heavy atom. The zero-order valence-electron chi connectivity index (χ0n) is 32.8. The van der Waals surface area contributed by atoms with Gasteiger partial charge < -0.3 is 29.2 Å². The van der Waals surface area contributed by atoms with Crippen LogP contribution in [0.2, 0.25) is 0 Å². The molecule has 0 radical (unpaired) electrons. The molecule has 2 rings (SSSR count). The van der Waals surface area contributed by atoms with E-state index >= 15 is 0 Å². The molecule has 0 aromatic heterocycles. The quantitative estimate of drug-likeness (QED) is 0.109. The highest BCUT2D eigenvalue weighted by molar-refractivity contribution is 5.70. The molecular weight excluding hydrogens is 636 g/mol. The van der Waals surface area contributed by atoms with Gasteiger partial charge in [0.2, 0.25) is 0 Å². The summed E-state index contributed by atoms with van der Waals surface area (Å²) in [5.74, 6) is -0.389. The number of carbonyl (C=O) groups excluding carboxylic acids is 3. The molecule has 0 aliphatic carbocycles. The van der Waals surface area contributed by atoms with Gasteiger partial charge in [-0.15, -0.1) is 0 Å². The number of methoxy groups -OCH3 is 1. The second-order valence-corrected chi connectivity index (χ2v) is 17.7. The van der Waals surface area contributed by atoms with Gasteiger partial charge in [-0.05, 0) is 67.9 Å². The zero-order valence-corrected chi connectivity index (χ0v) is 32.8. The maximum Gasteiger partial charge on any atom is 0.306 e. The molecule has 0 saturated carbocycles. The molecule has 0 heterocycles. The molecule has 280 valence electrons. The van der Waals surface area contributed by atoms with Crippen LogP contribution in [0.25, 0.3) is 0 Å². The fourth-order valence-electron chi connectivity index (χ4n) is 5.84. The monoisotopic (exact) mass is 698 g/mol. The molecule has 0 unspecified atom stereocenters. The Kier molecular flexibility index (Phi) is 14.2. The lowest BCUT2D eigenvalue weighted by Crippen LogP contribution is -2.42. The number of carbonyl (C=O) groups is 3. The molecule has 0 bridgehead atoms. The molecular formula is C41H62O9. The van der Waals surface area contributed by atoms with Crippen LogP contribution < -0.4 is 0 Å². The summed E-state index contributed by atoms with van der Waals surface area (Å²) in [5.41, 5.74) is 2.76. The third-order valence-electron chi connectivity index (χ3n) is 8.79. The number of esters is 2. The summed E-state index contributed by atoms with van der Waals surface area (Å²) in [6.45, 7) is 24.2. The van der Waals surface area contributed by atoms with Crippen molar-refractivity contribution < 1.29 is 43.5 Å². The van der Waals surface area contributed by atoms with Crippen LogP contribution in [-0.2, 0) is 67.8 Å². The van der Waals surface area contributed by atoms with Gasteiger partial charge in [0.05, 0.1) is 12.0 Å². The van der Waals surface area contributed by atoms with E-state index in [1.807, 2.05) is 107 Å². The number of ether oxygens (including phenoxy) is 4. The van der Waals surface area contributed by atoms with Crippen LogP contribution in [0.3, 0.4) is 0 Å². The largest absolute Gasteiger partial charge is 0.507 e. The Balaban J connectivity index is 2.17. The van der Waals surface area contributed by atoms with Gasteiger partial charge in [-0.25, -0.2) is 0 Å². The van der Waals surface area contributed by atoms with Crippen molar-refractivity contribution in [1.82, 2.24) is 0 Å². The van der Waals surface area contributed by atoms with E-state index in [1.54, 1.807) is 0 Å². The second-order valence-electron chi connectivity index (χ2n) is 17.7. The van der Waals surface area contributed by atoms with Crippen molar-refractivity contribution in [2.45, 2.75) is 130 Å². The number of aromatic hydroxyl groups is 2. The van der Waals surface area contributed by atoms with E-state index in [0.29, 0.717) is 19.3 Å². The van der Waals surface area contributed by atoms with Crippen molar-refractivity contribution in [3.8, 4) is 11.5 Å². The lowest BCUT2D eigenvalue weighted by molar-refractivity contribution is -0.162. The Morgan fingerprint density at radius 3 is 1.16 bits per heavy atom. The first-order chi connectivity index (χ1) is 22.8. The average Bonchev–Trinajstić information content (AvgIpc) is 2.98. The predicted octanol–water partition coefficient (Wildman–Crippen LogP) is 7.75. The summed E-state index contributed by atoms with van der Waals surface area (Å²) in [6, 6.07) is 7.76. The third kappa shape index (κ3) is 12.0. The van der Waals surface area contributed by atoms with E-state index in [9.17, 15) is 24.6 Å². The zero-order chi connectivity index (χ0) is 38.3. The fraction of sp³-hybridized carbons (Fsp3) is 0.634. The number of hydrogen-bond acceptors (Lipinski definition) is 9. The molecule has 0 saturated heterocycles. The molecule has 9 nitrogen and oxygen atoms in total. The van der Waals surface area contributed by atoms with Crippen molar-refractivity contribution in [3.05, 3.63) is 57.6 Å². The number of phenols is 2. The first-order valence-electron chi connectivity index (χ1n) is 17.4. The number of phenolic OH excluding ortho intramolecular Hbond substituents is 2. The van der Waals surface area contributed by atoms with Gasteiger partial charge in [-0.1, -0.05) is 107 Å². The summed E-state index contributed by atoms with van der Waals surface area (Å²) in [4.78, 5) is 37.3. The molecule has 2 N–H and O–H groups in total. The normalized spacial score (nSPS) is 12.8. The topological polar surface area (TPSA) is 129 Å². The van der Waals surface area contributed by atoms with E-state index in [2.05, 4.69) is 0 Å². The summed E-state index contributed by atoms with van der Waals surface area (Å²) in [5, 5.41) is 22.1. The van der Waals surface area contributed by atoms with Crippen LogP contribution in [0.5, 0.6) is 11.5 Å². The Bertz CT molecular complexity index is 1310. The highest BCUT2D eigenvalue weighted by atomic mass is 16.6. The van der Waals surface area contributed by atoms with Gasteiger partial charge in [0.1, 0.15) is 31.3 Å². The van der Waals surface area contributed by atoms with Crippen LogP contribution in [-0.4, -0.2) is 62.2 Å². The Morgan fingerprint density at radius 1 is 0.580 bits per heavy atom. The van der Waals surface area contributed by atoms with Gasteiger partial charge in [-0.2, -0.15) is 0 Å². The minimum Gasteiger partial charge on any atom is -0.507 e. The molecule has 0 atom stereocenters. The molecule has 0 aliphatic rings. The Hall–Kier alpha value is -3.59. The highest BCUT2D eigenvalue weighted by Crippen LogP contribution is 2.41. The molecule has 9 heteroatoms. The van der Waals surface area contributed by atoms with Crippen LogP contribution in [0.15, 0.2) is 24.3 Å². The average molecular weight is 699 g/mol. The minimum absolute atomic E-state index is 0.00505. The van der Waals surface area contributed by atoms with E-state index in [-0.39, 0.29) is 72.4 Å². The van der Waals surface area contributed by atoms with Gasteiger partial charge in [0.15, 0.2) is 0 Å². The van der Waals surface area contributed by atoms with Gasteiger partial charge >= 0.3 is 11.9 Å². The minimum atomic E-state index is -1.12. The molecule has 0 aliphatic heterocycles. The van der Waals surface area contributed by atoms with Crippen LogP contribution in [0.4, 0.5) is 0 Å². The second kappa shape index (κ2) is 16.6. The van der Waals surface area contributed by atoms with Crippen molar-refractivity contribution >= 4 is 18.4 Å². The molecule has 2 aromatic rings. The van der Waals surface area contributed by atoms with E-state index in [4.69, 9.17) is 18.9 Å². The van der Waals surface area contributed by atoms with Crippen molar-refractivity contribution in [2.75, 3.05) is 33.5 Å². The lowest BCUT2D eigenvalue weighted by atomic mass is 9.78. The summed E-state index contributed by atoms with van der Waals surface area (Å²) in [7, 11) is 1.47. The number of hydrogen-bond donors (Lipinski definition) is 2. The van der Waals surface area contributed by atoms with Crippen LogP contribution in [0, 0.1) is 5.41 Å². The molecule has 0 fully saturated rings.